The molecule has 8 heteroatoms. The molecular formula is C19H22ClN4O3+. The van der Waals surface area contributed by atoms with Crippen LogP contribution < -0.4 is 20.9 Å². The summed E-state index contributed by atoms with van der Waals surface area (Å²) in [6.45, 7) is 0.275. The monoisotopic (exact) mass is 389 g/mol. The van der Waals surface area contributed by atoms with Gasteiger partial charge in [0.25, 0.3) is 17.7 Å². The number of rotatable bonds is 7. The molecule has 0 aliphatic heterocycles. The van der Waals surface area contributed by atoms with Gasteiger partial charge in [0, 0.05) is 29.0 Å². The number of halogens is 1. The minimum absolute atomic E-state index is 0.130. The average molecular weight is 390 g/mol. The second-order valence-electron chi connectivity index (χ2n) is 6.07. The van der Waals surface area contributed by atoms with Gasteiger partial charge in [-0.15, -0.1) is 0 Å². The summed E-state index contributed by atoms with van der Waals surface area (Å²) in [6.07, 6.45) is 0. The van der Waals surface area contributed by atoms with Gasteiger partial charge >= 0.3 is 0 Å². The molecule has 3 amide bonds. The van der Waals surface area contributed by atoms with Crippen LogP contribution in [0.2, 0.25) is 5.02 Å². The molecule has 0 bridgehead atoms. The Labute approximate surface area is 162 Å². The summed E-state index contributed by atoms with van der Waals surface area (Å²) in [4.78, 5) is 36.4. The van der Waals surface area contributed by atoms with Gasteiger partial charge in [0.1, 0.15) is 0 Å². The molecule has 7 nitrogen and oxygen atoms in total. The number of carbonyl (C=O) groups excluding carboxylic acids is 3. The predicted molar refractivity (Wildman–Crippen MR) is 105 cm³/mol. The summed E-state index contributed by atoms with van der Waals surface area (Å²) in [5, 5.41) is 8.63. The quantitative estimate of drug-likeness (QED) is 0.564. The molecule has 4 N–H and O–H groups in total. The van der Waals surface area contributed by atoms with Crippen molar-refractivity contribution in [3.8, 4) is 0 Å². The Kier molecular flexibility index (Phi) is 7.34. The van der Waals surface area contributed by atoms with Gasteiger partial charge in [0.2, 0.25) is 0 Å². The van der Waals surface area contributed by atoms with Crippen LogP contribution in [0.5, 0.6) is 0 Å². The highest BCUT2D eigenvalue weighted by atomic mass is 35.5. The lowest BCUT2D eigenvalue weighted by Gasteiger charge is -2.14. The van der Waals surface area contributed by atoms with Crippen molar-refractivity contribution in [3.05, 3.63) is 59.1 Å². The van der Waals surface area contributed by atoms with E-state index in [0.29, 0.717) is 22.0 Å². The van der Waals surface area contributed by atoms with Gasteiger partial charge in [0.05, 0.1) is 7.05 Å². The number of carbonyl (C=O) groups is 3. The summed E-state index contributed by atoms with van der Waals surface area (Å²) in [5.41, 5.74) is 1.75. The van der Waals surface area contributed by atoms with Crippen LogP contribution in [0.4, 0.5) is 11.4 Å². The first kappa shape index (κ1) is 20.4. The van der Waals surface area contributed by atoms with Crippen LogP contribution in [0.3, 0.4) is 0 Å². The van der Waals surface area contributed by atoms with E-state index >= 15 is 0 Å². The Morgan fingerprint density at radius 1 is 0.852 bits per heavy atom. The second kappa shape index (κ2) is 9.70. The molecule has 2 aromatic rings. The van der Waals surface area contributed by atoms with E-state index < -0.39 is 0 Å². The summed E-state index contributed by atoms with van der Waals surface area (Å²) in [7, 11) is 3.31. The topological polar surface area (TPSA) is 91.7 Å². The van der Waals surface area contributed by atoms with Gasteiger partial charge in [-0.05, 0) is 48.5 Å². The molecule has 0 fully saturated rings. The van der Waals surface area contributed by atoms with Crippen LogP contribution in [0, 0.1) is 0 Å². The fraction of sp³-hybridized carbons (Fsp3) is 0.211. The summed E-state index contributed by atoms with van der Waals surface area (Å²) in [6, 6.07) is 13.4. The van der Waals surface area contributed by atoms with E-state index in [4.69, 9.17) is 11.6 Å². The molecule has 1 atom stereocenters. The first-order valence-electron chi connectivity index (χ1n) is 8.36. The van der Waals surface area contributed by atoms with Crippen LogP contribution in [0.15, 0.2) is 48.5 Å². The maximum Gasteiger partial charge on any atom is 0.279 e. The number of benzene rings is 2. The highest BCUT2D eigenvalue weighted by Crippen LogP contribution is 2.13. The molecule has 0 heterocycles. The van der Waals surface area contributed by atoms with Crippen LogP contribution in [0.25, 0.3) is 0 Å². The number of likely N-dealkylation sites (N-methyl/N-ethyl adjacent to an activating group) is 1. The lowest BCUT2D eigenvalue weighted by atomic mass is 10.2. The van der Waals surface area contributed by atoms with Crippen molar-refractivity contribution in [1.82, 2.24) is 5.32 Å². The smallest absolute Gasteiger partial charge is 0.279 e. The number of anilines is 2. The van der Waals surface area contributed by atoms with Crippen molar-refractivity contribution in [2.24, 2.45) is 0 Å². The summed E-state index contributed by atoms with van der Waals surface area (Å²) >= 11 is 5.81. The molecule has 0 radical (unpaired) electrons. The van der Waals surface area contributed by atoms with Crippen LogP contribution in [0.1, 0.15) is 10.4 Å². The predicted octanol–water partition coefficient (Wildman–Crippen LogP) is 0.792. The molecule has 142 valence electrons. The maximum atomic E-state index is 12.1. The van der Waals surface area contributed by atoms with E-state index in [-0.39, 0.29) is 30.8 Å². The molecule has 0 spiro atoms. The fourth-order valence-electron chi connectivity index (χ4n) is 2.40. The number of hydrogen-bond donors (Lipinski definition) is 4. The normalized spacial score (nSPS) is 11.4. The molecular weight excluding hydrogens is 368 g/mol. The van der Waals surface area contributed by atoms with Crippen molar-refractivity contribution >= 4 is 40.7 Å². The van der Waals surface area contributed by atoms with Crippen molar-refractivity contribution < 1.29 is 19.3 Å². The summed E-state index contributed by atoms with van der Waals surface area (Å²) < 4.78 is 0. The van der Waals surface area contributed by atoms with Crippen LogP contribution >= 0.6 is 11.6 Å². The Balaban J connectivity index is 1.79. The van der Waals surface area contributed by atoms with E-state index in [1.165, 1.54) is 0 Å². The van der Waals surface area contributed by atoms with Gasteiger partial charge in [0.15, 0.2) is 13.1 Å². The Morgan fingerprint density at radius 3 is 1.74 bits per heavy atom. The minimum Gasteiger partial charge on any atom is -0.355 e. The first-order valence-corrected chi connectivity index (χ1v) is 8.74. The third-order valence-electron chi connectivity index (χ3n) is 3.71. The molecule has 0 aliphatic carbocycles. The third-order valence-corrected chi connectivity index (χ3v) is 3.96. The number of amides is 3. The van der Waals surface area contributed by atoms with Crippen molar-refractivity contribution in [2.75, 3.05) is 37.8 Å². The fourth-order valence-corrected chi connectivity index (χ4v) is 2.53. The second-order valence-corrected chi connectivity index (χ2v) is 6.51. The standard InChI is InChI=1S/C19H21ClN4O3/c1-21-19(27)13-3-7-15(8-4-13)22-17(25)11-24(2)12-18(26)23-16-9-5-14(20)6-10-16/h3-10H,11-12H2,1-2H3,(H,21,27)(H,22,25)(H,23,26)/p+1. The van der Waals surface area contributed by atoms with Crippen LogP contribution in [-0.4, -0.2) is 44.9 Å². The van der Waals surface area contributed by atoms with E-state index in [1.807, 2.05) is 0 Å². The van der Waals surface area contributed by atoms with Gasteiger partial charge in [-0.3, -0.25) is 14.4 Å². The zero-order chi connectivity index (χ0) is 19.8. The van der Waals surface area contributed by atoms with E-state index in [2.05, 4.69) is 16.0 Å². The molecule has 0 aromatic heterocycles. The lowest BCUT2D eigenvalue weighted by molar-refractivity contribution is -0.862. The molecule has 0 aliphatic rings. The van der Waals surface area contributed by atoms with Crippen molar-refractivity contribution in [3.63, 3.8) is 0 Å². The van der Waals surface area contributed by atoms with Crippen molar-refractivity contribution in [2.45, 2.75) is 0 Å². The largest absolute Gasteiger partial charge is 0.355 e. The minimum atomic E-state index is -0.223. The molecule has 2 aromatic carbocycles. The lowest BCUT2D eigenvalue weighted by Crippen LogP contribution is -3.11. The average Bonchev–Trinajstić information content (AvgIpc) is 2.63. The summed E-state index contributed by atoms with van der Waals surface area (Å²) in [5.74, 6) is -0.610. The number of quaternary nitrogens is 1. The molecule has 2 rings (SSSR count). The molecule has 0 saturated carbocycles. The van der Waals surface area contributed by atoms with Gasteiger partial charge in [-0.25, -0.2) is 0 Å². The van der Waals surface area contributed by atoms with Gasteiger partial charge < -0.3 is 20.9 Å². The first-order chi connectivity index (χ1) is 12.9. The van der Waals surface area contributed by atoms with E-state index in [1.54, 1.807) is 62.6 Å². The van der Waals surface area contributed by atoms with Gasteiger partial charge in [-0.1, -0.05) is 11.6 Å². The molecule has 0 saturated heterocycles. The number of hydrogen-bond acceptors (Lipinski definition) is 3. The Morgan fingerprint density at radius 2 is 1.30 bits per heavy atom. The van der Waals surface area contributed by atoms with Crippen LogP contribution in [-0.2, 0) is 9.59 Å². The molecule has 27 heavy (non-hydrogen) atoms. The zero-order valence-corrected chi connectivity index (χ0v) is 15.9. The zero-order valence-electron chi connectivity index (χ0n) is 15.1. The van der Waals surface area contributed by atoms with E-state index in [0.717, 1.165) is 4.90 Å². The Bertz CT molecular complexity index is 807. The van der Waals surface area contributed by atoms with Gasteiger partial charge in [-0.2, -0.15) is 0 Å². The van der Waals surface area contributed by atoms with Crippen molar-refractivity contribution in [1.29, 1.82) is 0 Å². The van der Waals surface area contributed by atoms with E-state index in [9.17, 15) is 14.4 Å². The maximum absolute atomic E-state index is 12.1. The SMILES string of the molecule is CNC(=O)c1ccc(NC(=O)C[NH+](C)CC(=O)Nc2ccc(Cl)cc2)cc1. The highest BCUT2D eigenvalue weighted by Gasteiger charge is 2.15. The molecule has 1 unspecified atom stereocenters. The Hall–Kier alpha value is -2.90. The third kappa shape index (κ3) is 6.73. The number of nitrogens with one attached hydrogen (secondary N) is 4. The highest BCUT2D eigenvalue weighted by molar-refractivity contribution is 6.30.